The van der Waals surface area contributed by atoms with Gasteiger partial charge >= 0.3 is 0 Å². The first-order valence-corrected chi connectivity index (χ1v) is 21.7. The zero-order chi connectivity index (χ0) is 39.3. The first-order chi connectivity index (χ1) is 29.1. The van der Waals surface area contributed by atoms with Crippen LogP contribution in [0.5, 0.6) is 0 Å². The number of aromatic nitrogens is 2. The molecule has 0 aliphatic carbocycles. The van der Waals surface area contributed by atoms with Crippen LogP contribution in [-0.2, 0) is 4.57 Å². The van der Waals surface area contributed by atoms with Crippen LogP contribution in [0.2, 0.25) is 0 Å². The van der Waals surface area contributed by atoms with Gasteiger partial charge < -0.3 is 9.13 Å². The summed E-state index contributed by atoms with van der Waals surface area (Å²) in [5.41, 5.74) is 10.9. The third-order valence-corrected chi connectivity index (χ3v) is 14.7. The lowest BCUT2D eigenvalue weighted by Crippen LogP contribution is -2.24. The molecule has 0 saturated heterocycles. The Balaban J connectivity index is 1.00. The van der Waals surface area contributed by atoms with Gasteiger partial charge in [-0.3, -0.25) is 0 Å². The number of pyridine rings is 1. The van der Waals surface area contributed by atoms with E-state index in [4.69, 9.17) is 4.98 Å². The summed E-state index contributed by atoms with van der Waals surface area (Å²) in [7, 11) is -3.04. The first-order valence-electron chi connectivity index (χ1n) is 20.0. The SMILES string of the molecule is O=P(c1ccccc1)(c1ccccc1)c1ccc(-c2ccc(-c3ccc4c(c3)nc(-c3ccccc3)c3cc5c6ccccc6n(-c6ccccc6)c5cc34)cc2)cc1. The Kier molecular flexibility index (Phi) is 8.43. The molecule has 0 N–H and O–H groups in total. The molecule has 0 bridgehead atoms. The minimum absolute atomic E-state index is 0.823. The number of rotatable bonds is 7. The standard InChI is InChI=1S/C55H37N2OP/c58-59(44-19-9-3-10-20-44,45-21-11-4-12-22-45)46-32-29-39(30-33-46)38-25-27-40(28-26-38)42-31-34-47-49-37-54-50(36-51(49)55(56-52(47)35-42)41-15-5-1-6-16-41)48-23-13-14-24-53(48)57(54)43-17-7-2-8-18-43/h1-37H. The van der Waals surface area contributed by atoms with Crippen LogP contribution in [0.25, 0.3) is 82.7 Å². The summed E-state index contributed by atoms with van der Waals surface area (Å²) in [6.07, 6.45) is 0. The Bertz CT molecular complexity index is 3320. The third-order valence-electron chi connectivity index (χ3n) is 11.7. The van der Waals surface area contributed by atoms with Crippen molar-refractivity contribution in [2.75, 3.05) is 0 Å². The molecule has 4 heteroatoms. The van der Waals surface area contributed by atoms with E-state index < -0.39 is 7.14 Å². The normalized spacial score (nSPS) is 11.8. The molecule has 278 valence electrons. The lowest BCUT2D eigenvalue weighted by atomic mass is 9.95. The minimum atomic E-state index is -3.04. The Hall–Kier alpha value is -7.32. The Morgan fingerprint density at radius 3 is 1.49 bits per heavy atom. The number of hydrogen-bond donors (Lipinski definition) is 0. The van der Waals surface area contributed by atoms with Gasteiger partial charge in [0.25, 0.3) is 0 Å². The summed E-state index contributed by atoms with van der Waals surface area (Å²) >= 11 is 0. The molecule has 0 unspecified atom stereocenters. The molecule has 0 spiro atoms. The van der Waals surface area contributed by atoms with E-state index in [0.717, 1.165) is 71.4 Å². The molecular formula is C55H37N2OP. The van der Waals surface area contributed by atoms with E-state index in [-0.39, 0.29) is 0 Å². The van der Waals surface area contributed by atoms with Crippen LogP contribution in [0.4, 0.5) is 0 Å². The molecule has 0 aliphatic rings. The molecule has 11 rings (SSSR count). The average molecular weight is 773 g/mol. The molecule has 3 nitrogen and oxygen atoms in total. The van der Waals surface area contributed by atoms with E-state index in [1.807, 2.05) is 72.8 Å². The second-order valence-corrected chi connectivity index (χ2v) is 17.8. The predicted octanol–water partition coefficient (Wildman–Crippen LogP) is 13.1. The van der Waals surface area contributed by atoms with E-state index >= 15 is 0 Å². The Labute approximate surface area is 342 Å². The van der Waals surface area contributed by atoms with E-state index in [0.29, 0.717) is 0 Å². The maximum Gasteiger partial charge on any atom is 0.171 e. The quantitative estimate of drug-likeness (QED) is 0.119. The number of nitrogens with zero attached hydrogens (tertiary/aromatic N) is 2. The van der Waals surface area contributed by atoms with E-state index in [1.165, 1.54) is 27.2 Å². The van der Waals surface area contributed by atoms with Crippen molar-refractivity contribution in [1.82, 2.24) is 9.55 Å². The molecule has 0 fully saturated rings. The van der Waals surface area contributed by atoms with Crippen LogP contribution >= 0.6 is 7.14 Å². The van der Waals surface area contributed by atoms with Gasteiger partial charge in [-0.15, -0.1) is 0 Å². The lowest BCUT2D eigenvalue weighted by molar-refractivity contribution is 0.592. The molecule has 0 aliphatic heterocycles. The number of benzene rings is 9. The molecular weight excluding hydrogens is 736 g/mol. The summed E-state index contributed by atoms with van der Waals surface area (Å²) in [5, 5.41) is 8.36. The third kappa shape index (κ3) is 5.90. The van der Waals surface area contributed by atoms with Crippen LogP contribution in [0.15, 0.2) is 224 Å². The van der Waals surface area contributed by atoms with Crippen molar-refractivity contribution < 1.29 is 4.57 Å². The highest BCUT2D eigenvalue weighted by Crippen LogP contribution is 2.43. The summed E-state index contributed by atoms with van der Waals surface area (Å²) in [5.74, 6) is 0. The summed E-state index contributed by atoms with van der Waals surface area (Å²) in [6, 6.07) is 77.9. The second kappa shape index (κ2) is 14.3. The van der Waals surface area contributed by atoms with Gasteiger partial charge in [0.15, 0.2) is 7.14 Å². The highest BCUT2D eigenvalue weighted by Gasteiger charge is 2.29. The average Bonchev–Trinajstić information content (AvgIpc) is 3.64. The van der Waals surface area contributed by atoms with Gasteiger partial charge in [-0.2, -0.15) is 0 Å². The molecule has 11 aromatic rings. The van der Waals surface area contributed by atoms with Crippen LogP contribution in [0, 0.1) is 0 Å². The largest absolute Gasteiger partial charge is 0.309 e. The fourth-order valence-electron chi connectivity index (χ4n) is 8.76. The molecule has 2 heterocycles. The van der Waals surface area contributed by atoms with Gasteiger partial charge in [0.05, 0.1) is 22.2 Å². The zero-order valence-corrected chi connectivity index (χ0v) is 33.0. The number of fused-ring (bicyclic) bond motifs is 6. The summed E-state index contributed by atoms with van der Waals surface area (Å²) in [4.78, 5) is 5.42. The fraction of sp³-hybridized carbons (Fsp3) is 0. The van der Waals surface area contributed by atoms with Crippen LogP contribution < -0.4 is 15.9 Å². The predicted molar refractivity (Wildman–Crippen MR) is 249 cm³/mol. The van der Waals surface area contributed by atoms with Crippen molar-refractivity contribution in [1.29, 1.82) is 0 Å². The van der Waals surface area contributed by atoms with Crippen molar-refractivity contribution >= 4 is 66.5 Å². The summed E-state index contributed by atoms with van der Waals surface area (Å²) in [6.45, 7) is 0. The van der Waals surface area contributed by atoms with Crippen LogP contribution in [0.3, 0.4) is 0 Å². The van der Waals surface area contributed by atoms with E-state index in [1.54, 1.807) is 0 Å². The zero-order valence-electron chi connectivity index (χ0n) is 32.1. The molecule has 0 saturated carbocycles. The maximum absolute atomic E-state index is 14.9. The van der Waals surface area contributed by atoms with Crippen molar-refractivity contribution in [3.63, 3.8) is 0 Å². The lowest BCUT2D eigenvalue weighted by Gasteiger charge is -2.20. The summed E-state index contributed by atoms with van der Waals surface area (Å²) < 4.78 is 17.3. The van der Waals surface area contributed by atoms with Gasteiger partial charge in [-0.1, -0.05) is 188 Å². The van der Waals surface area contributed by atoms with Gasteiger partial charge in [0, 0.05) is 48.7 Å². The molecule has 0 amide bonds. The smallest absolute Gasteiger partial charge is 0.171 e. The van der Waals surface area contributed by atoms with Gasteiger partial charge in [0.1, 0.15) is 0 Å². The van der Waals surface area contributed by atoms with Crippen LogP contribution in [-0.4, -0.2) is 9.55 Å². The van der Waals surface area contributed by atoms with Crippen molar-refractivity contribution in [3.8, 4) is 39.2 Å². The highest BCUT2D eigenvalue weighted by atomic mass is 31.2. The fourth-order valence-corrected chi connectivity index (χ4v) is 11.4. The minimum Gasteiger partial charge on any atom is -0.309 e. The first kappa shape index (κ1) is 34.9. The van der Waals surface area contributed by atoms with Crippen molar-refractivity contribution in [3.05, 3.63) is 224 Å². The van der Waals surface area contributed by atoms with E-state index in [2.05, 4.69) is 156 Å². The highest BCUT2D eigenvalue weighted by molar-refractivity contribution is 7.85. The topological polar surface area (TPSA) is 34.9 Å². The Morgan fingerprint density at radius 1 is 0.339 bits per heavy atom. The molecule has 0 atom stereocenters. The monoisotopic (exact) mass is 772 g/mol. The molecule has 59 heavy (non-hydrogen) atoms. The molecule has 0 radical (unpaired) electrons. The molecule has 2 aromatic heterocycles. The number of para-hydroxylation sites is 2. The Morgan fingerprint density at radius 2 is 0.847 bits per heavy atom. The maximum atomic E-state index is 14.9. The van der Waals surface area contributed by atoms with Crippen molar-refractivity contribution in [2.45, 2.75) is 0 Å². The van der Waals surface area contributed by atoms with Gasteiger partial charge in [-0.05, 0) is 64.0 Å². The van der Waals surface area contributed by atoms with Crippen molar-refractivity contribution in [2.24, 2.45) is 0 Å². The van der Waals surface area contributed by atoms with E-state index in [9.17, 15) is 4.57 Å². The van der Waals surface area contributed by atoms with Gasteiger partial charge in [0.2, 0.25) is 0 Å². The number of hydrogen-bond acceptors (Lipinski definition) is 2. The molecule has 9 aromatic carbocycles. The second-order valence-electron chi connectivity index (χ2n) is 15.1. The van der Waals surface area contributed by atoms with Gasteiger partial charge in [-0.25, -0.2) is 4.98 Å². The van der Waals surface area contributed by atoms with Crippen LogP contribution in [0.1, 0.15) is 0 Å².